The van der Waals surface area contributed by atoms with Crippen LogP contribution < -0.4 is 10.5 Å². The molecule has 0 amide bonds. The fourth-order valence-corrected chi connectivity index (χ4v) is 2.68. The van der Waals surface area contributed by atoms with E-state index in [2.05, 4.69) is 37.9 Å². The number of methoxy groups -OCH3 is 1. The van der Waals surface area contributed by atoms with Crippen molar-refractivity contribution < 1.29 is 4.74 Å². The van der Waals surface area contributed by atoms with Gasteiger partial charge in [-0.05, 0) is 70.3 Å². The molecule has 0 fully saturated rings. The summed E-state index contributed by atoms with van der Waals surface area (Å²) in [6.07, 6.45) is 4.68. The fraction of sp³-hybridized carbons (Fsp3) is 0.667. The third-order valence-electron chi connectivity index (χ3n) is 4.33. The molecule has 0 aliphatic carbocycles. The van der Waals surface area contributed by atoms with Crippen molar-refractivity contribution in [3.63, 3.8) is 0 Å². The van der Waals surface area contributed by atoms with Gasteiger partial charge in [0.1, 0.15) is 5.75 Å². The molecule has 120 valence electrons. The fourth-order valence-electron chi connectivity index (χ4n) is 2.68. The molecule has 0 spiro atoms. The molecule has 0 aliphatic rings. The van der Waals surface area contributed by atoms with Crippen LogP contribution in [0, 0.1) is 5.92 Å². The molecule has 0 aromatic heterocycles. The lowest BCUT2D eigenvalue weighted by Gasteiger charge is -2.26. The standard InChI is InChI=1S/C18H32N2O/c1-15(11-12-19)8-7-13-20(3)16(2)14-17-9-5-6-10-18(17)21-4/h5-6,9-10,15-16H,7-8,11-14,19H2,1-4H3. The first-order valence-electron chi connectivity index (χ1n) is 8.10. The van der Waals surface area contributed by atoms with Gasteiger partial charge in [-0.15, -0.1) is 0 Å². The van der Waals surface area contributed by atoms with Crippen molar-refractivity contribution in [2.45, 2.75) is 45.6 Å². The molecule has 0 heterocycles. The number of likely N-dealkylation sites (N-methyl/N-ethyl adjacent to an activating group) is 1. The van der Waals surface area contributed by atoms with Crippen molar-refractivity contribution in [1.29, 1.82) is 0 Å². The third kappa shape index (κ3) is 6.49. The largest absolute Gasteiger partial charge is 0.496 e. The average molecular weight is 292 g/mol. The second-order valence-electron chi connectivity index (χ2n) is 6.17. The van der Waals surface area contributed by atoms with E-state index in [0.29, 0.717) is 6.04 Å². The minimum atomic E-state index is 0.520. The van der Waals surface area contributed by atoms with E-state index in [-0.39, 0.29) is 0 Å². The van der Waals surface area contributed by atoms with E-state index in [1.165, 1.54) is 18.4 Å². The van der Waals surface area contributed by atoms with Crippen LogP contribution in [0.2, 0.25) is 0 Å². The Morgan fingerprint density at radius 2 is 1.90 bits per heavy atom. The van der Waals surface area contributed by atoms with Gasteiger partial charge in [-0.1, -0.05) is 25.1 Å². The molecule has 0 aliphatic heterocycles. The summed E-state index contributed by atoms with van der Waals surface area (Å²) in [5.74, 6) is 1.74. The van der Waals surface area contributed by atoms with Gasteiger partial charge in [-0.25, -0.2) is 0 Å². The van der Waals surface area contributed by atoms with Crippen molar-refractivity contribution in [1.82, 2.24) is 4.90 Å². The van der Waals surface area contributed by atoms with Crippen LogP contribution in [0.4, 0.5) is 0 Å². The van der Waals surface area contributed by atoms with Crippen LogP contribution in [0.5, 0.6) is 5.75 Å². The highest BCUT2D eigenvalue weighted by atomic mass is 16.5. The van der Waals surface area contributed by atoms with Crippen LogP contribution >= 0.6 is 0 Å². The Hall–Kier alpha value is -1.06. The summed E-state index contributed by atoms with van der Waals surface area (Å²) >= 11 is 0. The summed E-state index contributed by atoms with van der Waals surface area (Å²) in [5.41, 5.74) is 6.89. The van der Waals surface area contributed by atoms with Gasteiger partial charge in [-0.2, -0.15) is 0 Å². The van der Waals surface area contributed by atoms with E-state index >= 15 is 0 Å². The Kier molecular flexibility index (Phi) is 8.40. The molecule has 1 aromatic carbocycles. The number of hydrogen-bond acceptors (Lipinski definition) is 3. The summed E-state index contributed by atoms with van der Waals surface area (Å²) < 4.78 is 5.44. The number of benzene rings is 1. The van der Waals surface area contributed by atoms with E-state index in [1.807, 2.05) is 12.1 Å². The van der Waals surface area contributed by atoms with Gasteiger partial charge in [0.05, 0.1) is 7.11 Å². The van der Waals surface area contributed by atoms with Gasteiger partial charge < -0.3 is 15.4 Å². The predicted octanol–water partition coefficient (Wildman–Crippen LogP) is 3.32. The molecule has 0 bridgehead atoms. The Morgan fingerprint density at radius 3 is 2.57 bits per heavy atom. The van der Waals surface area contributed by atoms with Crippen LogP contribution in [0.3, 0.4) is 0 Å². The second kappa shape index (κ2) is 9.80. The number of nitrogens with two attached hydrogens (primary N) is 1. The predicted molar refractivity (Wildman–Crippen MR) is 90.9 cm³/mol. The topological polar surface area (TPSA) is 38.5 Å². The SMILES string of the molecule is COc1ccccc1CC(C)N(C)CCCC(C)CCN. The van der Waals surface area contributed by atoms with Crippen LogP contribution in [-0.4, -0.2) is 38.2 Å². The molecule has 0 saturated carbocycles. The highest BCUT2D eigenvalue weighted by molar-refractivity contribution is 5.33. The monoisotopic (exact) mass is 292 g/mol. The maximum absolute atomic E-state index is 5.60. The first-order chi connectivity index (χ1) is 10.1. The van der Waals surface area contributed by atoms with Crippen molar-refractivity contribution in [3.05, 3.63) is 29.8 Å². The highest BCUT2D eigenvalue weighted by Gasteiger charge is 2.12. The summed E-state index contributed by atoms with van der Waals surface area (Å²) in [7, 11) is 3.96. The summed E-state index contributed by atoms with van der Waals surface area (Å²) in [4.78, 5) is 2.45. The average Bonchev–Trinajstić information content (AvgIpc) is 2.47. The molecule has 21 heavy (non-hydrogen) atoms. The number of nitrogens with zero attached hydrogens (tertiary/aromatic N) is 1. The van der Waals surface area contributed by atoms with Crippen LogP contribution in [0.1, 0.15) is 38.7 Å². The Morgan fingerprint density at radius 1 is 1.19 bits per heavy atom. The number of rotatable bonds is 10. The van der Waals surface area contributed by atoms with E-state index in [9.17, 15) is 0 Å². The van der Waals surface area contributed by atoms with Crippen molar-refractivity contribution >= 4 is 0 Å². The molecule has 1 aromatic rings. The van der Waals surface area contributed by atoms with Gasteiger partial charge in [-0.3, -0.25) is 0 Å². The van der Waals surface area contributed by atoms with Gasteiger partial charge in [0.25, 0.3) is 0 Å². The molecular formula is C18H32N2O. The van der Waals surface area contributed by atoms with E-state index < -0.39 is 0 Å². The number of hydrogen-bond donors (Lipinski definition) is 1. The van der Waals surface area contributed by atoms with Crippen molar-refractivity contribution in [3.8, 4) is 5.75 Å². The summed E-state index contributed by atoms with van der Waals surface area (Å²) in [6, 6.07) is 8.82. The molecule has 2 unspecified atom stereocenters. The van der Waals surface area contributed by atoms with Gasteiger partial charge in [0.15, 0.2) is 0 Å². The quantitative estimate of drug-likeness (QED) is 0.719. The second-order valence-corrected chi connectivity index (χ2v) is 6.17. The minimum absolute atomic E-state index is 0.520. The zero-order valence-electron chi connectivity index (χ0n) is 14.1. The molecule has 2 N–H and O–H groups in total. The molecular weight excluding hydrogens is 260 g/mol. The summed E-state index contributed by atoms with van der Waals surface area (Å²) in [6.45, 7) is 6.54. The zero-order valence-corrected chi connectivity index (χ0v) is 14.1. The first kappa shape index (κ1) is 18.0. The van der Waals surface area contributed by atoms with Gasteiger partial charge in [0.2, 0.25) is 0 Å². The van der Waals surface area contributed by atoms with Crippen LogP contribution in [0.25, 0.3) is 0 Å². The minimum Gasteiger partial charge on any atom is -0.496 e. The molecule has 3 heteroatoms. The van der Waals surface area contributed by atoms with Crippen molar-refractivity contribution in [2.24, 2.45) is 11.7 Å². The van der Waals surface area contributed by atoms with Gasteiger partial charge >= 0.3 is 0 Å². The number of ether oxygens (including phenoxy) is 1. The normalized spacial score (nSPS) is 14.2. The highest BCUT2D eigenvalue weighted by Crippen LogP contribution is 2.20. The lowest BCUT2D eigenvalue weighted by atomic mass is 10.0. The third-order valence-corrected chi connectivity index (χ3v) is 4.33. The summed E-state index contributed by atoms with van der Waals surface area (Å²) in [5, 5.41) is 0. The lowest BCUT2D eigenvalue weighted by Crippen LogP contribution is -2.32. The maximum Gasteiger partial charge on any atom is 0.122 e. The zero-order chi connectivity index (χ0) is 15.7. The Balaban J connectivity index is 2.38. The van der Waals surface area contributed by atoms with E-state index in [4.69, 9.17) is 10.5 Å². The Labute approximate surface area is 130 Å². The smallest absolute Gasteiger partial charge is 0.122 e. The molecule has 3 nitrogen and oxygen atoms in total. The van der Waals surface area contributed by atoms with Crippen LogP contribution in [-0.2, 0) is 6.42 Å². The van der Waals surface area contributed by atoms with Gasteiger partial charge in [0, 0.05) is 6.04 Å². The molecule has 0 saturated heterocycles. The van der Waals surface area contributed by atoms with E-state index in [1.54, 1.807) is 7.11 Å². The van der Waals surface area contributed by atoms with Crippen LogP contribution in [0.15, 0.2) is 24.3 Å². The maximum atomic E-state index is 5.60. The first-order valence-corrected chi connectivity index (χ1v) is 8.10. The van der Waals surface area contributed by atoms with E-state index in [0.717, 1.165) is 37.6 Å². The van der Waals surface area contributed by atoms with Crippen molar-refractivity contribution in [2.75, 3.05) is 27.2 Å². The molecule has 1 rings (SSSR count). The molecule has 0 radical (unpaired) electrons. The lowest BCUT2D eigenvalue weighted by molar-refractivity contribution is 0.243. The molecule has 2 atom stereocenters. The Bertz CT molecular complexity index is 395. The number of para-hydroxylation sites is 1.